The van der Waals surface area contributed by atoms with Crippen molar-refractivity contribution in [2.75, 3.05) is 26.8 Å². The van der Waals surface area contributed by atoms with Crippen LogP contribution in [0.1, 0.15) is 17.5 Å². The van der Waals surface area contributed by atoms with Crippen LogP contribution in [0, 0.1) is 0 Å². The van der Waals surface area contributed by atoms with Crippen LogP contribution in [0.2, 0.25) is 0 Å². The summed E-state index contributed by atoms with van der Waals surface area (Å²) in [4.78, 5) is 2.42. The van der Waals surface area contributed by atoms with Gasteiger partial charge in [0.25, 0.3) is 0 Å². The summed E-state index contributed by atoms with van der Waals surface area (Å²) < 4.78 is 5.24. The third-order valence-electron chi connectivity index (χ3n) is 3.77. The highest BCUT2D eigenvalue weighted by atomic mass is 16.5. The molecule has 2 aromatic rings. The van der Waals surface area contributed by atoms with Gasteiger partial charge in [0.05, 0.1) is 6.61 Å². The molecule has 0 N–H and O–H groups in total. The first-order valence-corrected chi connectivity index (χ1v) is 7.78. The van der Waals surface area contributed by atoms with Crippen LogP contribution in [0.5, 0.6) is 0 Å². The highest BCUT2D eigenvalue weighted by Crippen LogP contribution is 2.16. The van der Waals surface area contributed by atoms with E-state index in [1.54, 1.807) is 7.11 Å². The van der Waals surface area contributed by atoms with Crippen LogP contribution in [0.4, 0.5) is 0 Å². The van der Waals surface area contributed by atoms with Gasteiger partial charge in [-0.25, -0.2) is 0 Å². The molecular weight excluding hydrogens is 270 g/mol. The highest BCUT2D eigenvalue weighted by molar-refractivity contribution is 5.63. The van der Waals surface area contributed by atoms with E-state index in [4.69, 9.17) is 4.74 Å². The number of rotatable bonds is 9. The molecule has 0 saturated heterocycles. The van der Waals surface area contributed by atoms with Gasteiger partial charge in [-0.2, -0.15) is 0 Å². The van der Waals surface area contributed by atoms with Gasteiger partial charge < -0.3 is 4.74 Å². The molecule has 0 heterocycles. The fourth-order valence-electron chi connectivity index (χ4n) is 2.44. The van der Waals surface area contributed by atoms with Gasteiger partial charge in [-0.15, -0.1) is 0 Å². The summed E-state index contributed by atoms with van der Waals surface area (Å²) >= 11 is 0. The Morgan fingerprint density at radius 3 is 2.23 bits per heavy atom. The second-order valence-electron chi connectivity index (χ2n) is 5.47. The van der Waals surface area contributed by atoms with Gasteiger partial charge in [0.2, 0.25) is 0 Å². The molecule has 2 aromatic carbocycles. The second-order valence-corrected chi connectivity index (χ2v) is 5.47. The molecule has 0 spiro atoms. The maximum absolute atomic E-state index is 5.24. The first-order chi connectivity index (χ1) is 10.8. The number of nitrogens with zero attached hydrogens (tertiary/aromatic N) is 1. The Balaban J connectivity index is 1.90. The third kappa shape index (κ3) is 5.47. The van der Waals surface area contributed by atoms with E-state index in [2.05, 4.69) is 66.1 Å². The Bertz CT molecular complexity index is 550. The summed E-state index contributed by atoms with van der Waals surface area (Å²) in [5.74, 6) is 0. The Morgan fingerprint density at radius 2 is 1.59 bits per heavy atom. The zero-order valence-corrected chi connectivity index (χ0v) is 13.4. The van der Waals surface area contributed by atoms with Crippen molar-refractivity contribution in [1.29, 1.82) is 0 Å². The van der Waals surface area contributed by atoms with Gasteiger partial charge in [-0.05, 0) is 23.1 Å². The van der Waals surface area contributed by atoms with E-state index in [9.17, 15) is 0 Å². The lowest BCUT2D eigenvalue weighted by Crippen LogP contribution is -2.28. The maximum atomic E-state index is 5.24. The van der Waals surface area contributed by atoms with Crippen LogP contribution in [-0.2, 0) is 11.3 Å². The van der Waals surface area contributed by atoms with Crippen LogP contribution in [0.3, 0.4) is 0 Å². The molecule has 0 aliphatic carbocycles. The molecule has 0 atom stereocenters. The van der Waals surface area contributed by atoms with Gasteiger partial charge in [0.15, 0.2) is 0 Å². The van der Waals surface area contributed by atoms with Crippen molar-refractivity contribution >= 4 is 5.57 Å². The first-order valence-electron chi connectivity index (χ1n) is 7.78. The summed E-state index contributed by atoms with van der Waals surface area (Å²) in [6.07, 6.45) is 0.973. The summed E-state index contributed by atoms with van der Waals surface area (Å²) in [5.41, 5.74) is 3.76. The highest BCUT2D eigenvalue weighted by Gasteiger charge is 2.07. The van der Waals surface area contributed by atoms with Gasteiger partial charge in [0.1, 0.15) is 0 Å². The van der Waals surface area contributed by atoms with E-state index in [1.165, 1.54) is 16.7 Å². The van der Waals surface area contributed by atoms with Crippen LogP contribution < -0.4 is 0 Å². The fourth-order valence-corrected chi connectivity index (χ4v) is 2.44. The van der Waals surface area contributed by atoms with Gasteiger partial charge in [-0.3, -0.25) is 4.90 Å². The van der Waals surface area contributed by atoms with Crippen molar-refractivity contribution in [1.82, 2.24) is 4.90 Å². The van der Waals surface area contributed by atoms with Gasteiger partial charge in [0, 0.05) is 26.7 Å². The van der Waals surface area contributed by atoms with Crippen molar-refractivity contribution in [3.05, 3.63) is 78.4 Å². The van der Waals surface area contributed by atoms with Crippen LogP contribution >= 0.6 is 0 Å². The Kier molecular flexibility index (Phi) is 6.88. The Hall–Kier alpha value is -1.90. The smallest absolute Gasteiger partial charge is 0.0589 e. The predicted octanol–water partition coefficient (Wildman–Crippen LogP) is 4.24. The number of hydrogen-bond donors (Lipinski definition) is 0. The van der Waals surface area contributed by atoms with E-state index in [1.807, 2.05) is 6.07 Å². The molecule has 2 nitrogen and oxygen atoms in total. The minimum Gasteiger partial charge on any atom is -0.383 e. The summed E-state index contributed by atoms with van der Waals surface area (Å²) in [6.45, 7) is 7.86. The molecule has 0 fully saturated rings. The average Bonchev–Trinajstić information content (AvgIpc) is 2.58. The van der Waals surface area contributed by atoms with Crippen molar-refractivity contribution in [2.24, 2.45) is 0 Å². The number of methoxy groups -OCH3 is 1. The molecule has 0 saturated carbocycles. The van der Waals surface area contributed by atoms with Crippen LogP contribution in [0.15, 0.2) is 67.2 Å². The van der Waals surface area contributed by atoms with Crippen LogP contribution in [-0.4, -0.2) is 31.7 Å². The number of benzene rings is 2. The lowest BCUT2D eigenvalue weighted by Gasteiger charge is -2.22. The molecule has 0 aliphatic rings. The molecule has 0 unspecified atom stereocenters. The molecule has 0 aromatic heterocycles. The predicted molar refractivity (Wildman–Crippen MR) is 93.7 cm³/mol. The van der Waals surface area contributed by atoms with Crippen molar-refractivity contribution in [3.63, 3.8) is 0 Å². The van der Waals surface area contributed by atoms with Crippen molar-refractivity contribution in [2.45, 2.75) is 13.0 Å². The molecule has 116 valence electrons. The van der Waals surface area contributed by atoms with Crippen molar-refractivity contribution in [3.8, 4) is 0 Å². The molecule has 2 heteroatoms. The molecule has 0 aliphatic heterocycles. The zero-order valence-electron chi connectivity index (χ0n) is 13.4. The molecule has 0 amide bonds. The van der Waals surface area contributed by atoms with Crippen LogP contribution in [0.25, 0.3) is 5.57 Å². The summed E-state index contributed by atoms with van der Waals surface area (Å²) in [6, 6.07) is 21.0. The number of hydrogen-bond acceptors (Lipinski definition) is 2. The average molecular weight is 295 g/mol. The normalized spacial score (nSPS) is 10.8. The quantitative estimate of drug-likeness (QED) is 0.686. The largest absolute Gasteiger partial charge is 0.383 e. The molecule has 0 radical (unpaired) electrons. The van der Waals surface area contributed by atoms with E-state index < -0.39 is 0 Å². The summed E-state index contributed by atoms with van der Waals surface area (Å²) in [5, 5.41) is 0. The summed E-state index contributed by atoms with van der Waals surface area (Å²) in [7, 11) is 1.75. The van der Waals surface area contributed by atoms with Gasteiger partial charge in [-0.1, -0.05) is 67.2 Å². The van der Waals surface area contributed by atoms with Crippen molar-refractivity contribution < 1.29 is 4.74 Å². The molecule has 2 rings (SSSR count). The first kappa shape index (κ1) is 16.5. The maximum Gasteiger partial charge on any atom is 0.0589 e. The molecular formula is C20H25NO. The van der Waals surface area contributed by atoms with E-state index >= 15 is 0 Å². The SMILES string of the molecule is C=C(CCN(CCOC)Cc1ccccc1)c1ccccc1. The monoisotopic (exact) mass is 295 g/mol. The second kappa shape index (κ2) is 9.19. The third-order valence-corrected chi connectivity index (χ3v) is 3.77. The Labute approximate surface area is 134 Å². The zero-order chi connectivity index (χ0) is 15.6. The van der Waals surface area contributed by atoms with E-state index in [-0.39, 0.29) is 0 Å². The van der Waals surface area contributed by atoms with E-state index in [0.29, 0.717) is 0 Å². The van der Waals surface area contributed by atoms with E-state index in [0.717, 1.165) is 32.7 Å². The lowest BCUT2D eigenvalue weighted by atomic mass is 10.0. The minimum absolute atomic E-state index is 0.755. The molecule has 0 bridgehead atoms. The lowest BCUT2D eigenvalue weighted by molar-refractivity contribution is 0.145. The standard InChI is InChI=1S/C20H25NO/c1-18(20-11-7-4-8-12-20)13-14-21(15-16-22-2)17-19-9-5-3-6-10-19/h3-12H,1,13-17H2,2H3. The Morgan fingerprint density at radius 1 is 0.955 bits per heavy atom. The fraction of sp³-hybridized carbons (Fsp3) is 0.300. The molecule has 22 heavy (non-hydrogen) atoms. The topological polar surface area (TPSA) is 12.5 Å². The number of ether oxygens (including phenoxy) is 1. The van der Waals surface area contributed by atoms with Gasteiger partial charge >= 0.3 is 0 Å². The minimum atomic E-state index is 0.755.